The van der Waals surface area contributed by atoms with Crippen LogP contribution in [0.4, 0.5) is 0 Å². The molecule has 20 heavy (non-hydrogen) atoms. The molecule has 1 aliphatic heterocycles. The van der Waals surface area contributed by atoms with E-state index < -0.39 is 0 Å². The van der Waals surface area contributed by atoms with Gasteiger partial charge in [0.2, 0.25) is 0 Å². The van der Waals surface area contributed by atoms with Crippen LogP contribution in [0.5, 0.6) is 11.5 Å². The molecule has 0 atom stereocenters. The number of ketones is 1. The zero-order valence-corrected chi connectivity index (χ0v) is 11.4. The Morgan fingerprint density at radius 1 is 1.15 bits per heavy atom. The van der Waals surface area contributed by atoms with Crippen molar-refractivity contribution in [1.82, 2.24) is 0 Å². The van der Waals surface area contributed by atoms with E-state index in [1.807, 2.05) is 43.3 Å². The third-order valence-electron chi connectivity index (χ3n) is 3.47. The number of hydrogen-bond donors (Lipinski definition) is 0. The van der Waals surface area contributed by atoms with Crippen molar-refractivity contribution in [3.05, 3.63) is 59.2 Å². The fourth-order valence-electron chi connectivity index (χ4n) is 2.35. The number of Topliss-reactive ketones (excluding diaryl/α,β-unsaturated/α-hetero) is 1. The van der Waals surface area contributed by atoms with Crippen molar-refractivity contribution >= 4 is 5.78 Å². The monoisotopic (exact) mass is 268 g/mol. The molecule has 0 amide bonds. The summed E-state index contributed by atoms with van der Waals surface area (Å²) in [6.45, 7) is 2.89. The highest BCUT2D eigenvalue weighted by Crippen LogP contribution is 2.34. The molecule has 0 unspecified atom stereocenters. The lowest BCUT2D eigenvalue weighted by Crippen LogP contribution is -2.16. The quantitative estimate of drug-likeness (QED) is 0.854. The third-order valence-corrected chi connectivity index (χ3v) is 3.47. The lowest BCUT2D eigenvalue weighted by Gasteiger charge is -2.20. The molecule has 3 heteroatoms. The van der Waals surface area contributed by atoms with Gasteiger partial charge in [-0.1, -0.05) is 30.3 Å². The van der Waals surface area contributed by atoms with Crippen molar-refractivity contribution in [2.75, 3.05) is 6.61 Å². The zero-order chi connectivity index (χ0) is 13.9. The van der Waals surface area contributed by atoms with Crippen molar-refractivity contribution in [3.63, 3.8) is 0 Å². The molecule has 0 spiro atoms. The molecule has 0 bridgehead atoms. The van der Waals surface area contributed by atoms with Gasteiger partial charge in [0.25, 0.3) is 0 Å². The summed E-state index contributed by atoms with van der Waals surface area (Å²) in [4.78, 5) is 11.8. The lowest BCUT2D eigenvalue weighted by molar-refractivity contribution is 0.0932. The minimum absolute atomic E-state index is 0.143. The number of fused-ring (bicyclic) bond motifs is 1. The fourth-order valence-corrected chi connectivity index (χ4v) is 2.35. The molecule has 0 saturated carbocycles. The second kappa shape index (κ2) is 5.37. The van der Waals surface area contributed by atoms with Crippen LogP contribution < -0.4 is 9.47 Å². The molecule has 0 radical (unpaired) electrons. The average Bonchev–Trinajstić information content (AvgIpc) is 2.48. The highest BCUT2D eigenvalue weighted by Gasteiger charge is 2.22. The van der Waals surface area contributed by atoms with Crippen molar-refractivity contribution in [2.45, 2.75) is 20.0 Å². The van der Waals surface area contributed by atoms with E-state index in [2.05, 4.69) is 0 Å². The van der Waals surface area contributed by atoms with E-state index in [1.165, 1.54) is 0 Å². The molecule has 3 nitrogen and oxygen atoms in total. The Balaban J connectivity index is 1.83. The first kappa shape index (κ1) is 12.7. The highest BCUT2D eigenvalue weighted by molar-refractivity contribution is 6.00. The predicted octanol–water partition coefficient (Wildman–Crippen LogP) is 3.54. The summed E-state index contributed by atoms with van der Waals surface area (Å²) in [6, 6.07) is 13.6. The Hall–Kier alpha value is -2.29. The summed E-state index contributed by atoms with van der Waals surface area (Å²) >= 11 is 0. The van der Waals surface area contributed by atoms with Crippen LogP contribution in [0.25, 0.3) is 0 Å². The van der Waals surface area contributed by atoms with Crippen LogP contribution in [0.1, 0.15) is 27.9 Å². The van der Waals surface area contributed by atoms with E-state index in [0.717, 1.165) is 16.9 Å². The van der Waals surface area contributed by atoms with Gasteiger partial charge in [0.15, 0.2) is 5.78 Å². The summed E-state index contributed by atoms with van der Waals surface area (Å²) in [7, 11) is 0. The van der Waals surface area contributed by atoms with Gasteiger partial charge in [0.1, 0.15) is 18.1 Å². The minimum Gasteiger partial charge on any atom is -0.492 e. The van der Waals surface area contributed by atoms with Gasteiger partial charge in [0, 0.05) is 12.0 Å². The van der Waals surface area contributed by atoms with Gasteiger partial charge < -0.3 is 9.47 Å². The van der Waals surface area contributed by atoms with Crippen molar-refractivity contribution < 1.29 is 14.3 Å². The molecular formula is C17H16O3. The predicted molar refractivity (Wildman–Crippen MR) is 76.4 cm³/mol. The molecule has 2 aromatic carbocycles. The molecule has 1 aliphatic rings. The number of hydrogen-bond acceptors (Lipinski definition) is 3. The number of rotatable bonds is 3. The molecule has 0 aliphatic carbocycles. The Bertz CT molecular complexity index is 632. The van der Waals surface area contributed by atoms with Gasteiger partial charge in [-0.25, -0.2) is 0 Å². The zero-order valence-electron chi connectivity index (χ0n) is 11.4. The van der Waals surface area contributed by atoms with Gasteiger partial charge >= 0.3 is 0 Å². The van der Waals surface area contributed by atoms with Crippen molar-refractivity contribution in [1.29, 1.82) is 0 Å². The Morgan fingerprint density at radius 3 is 2.75 bits per heavy atom. The second-order valence-corrected chi connectivity index (χ2v) is 4.86. The van der Waals surface area contributed by atoms with Crippen LogP contribution in [-0.4, -0.2) is 12.4 Å². The maximum atomic E-state index is 11.8. The summed E-state index contributed by atoms with van der Waals surface area (Å²) in [5, 5.41) is 0. The topological polar surface area (TPSA) is 35.5 Å². The van der Waals surface area contributed by atoms with E-state index in [-0.39, 0.29) is 5.78 Å². The molecule has 0 N–H and O–H groups in total. The van der Waals surface area contributed by atoms with E-state index in [0.29, 0.717) is 30.9 Å². The maximum Gasteiger partial charge on any atom is 0.170 e. The summed E-state index contributed by atoms with van der Waals surface area (Å²) in [5.74, 6) is 1.58. The van der Waals surface area contributed by atoms with Gasteiger partial charge in [-0.15, -0.1) is 0 Å². The van der Waals surface area contributed by atoms with Gasteiger partial charge in [-0.05, 0) is 24.6 Å². The number of benzene rings is 2. The van der Waals surface area contributed by atoms with Crippen LogP contribution in [0.3, 0.4) is 0 Å². The lowest BCUT2D eigenvalue weighted by atomic mass is 10.0. The first-order valence-corrected chi connectivity index (χ1v) is 6.72. The van der Waals surface area contributed by atoms with E-state index in [1.54, 1.807) is 6.07 Å². The molecule has 3 rings (SSSR count). The summed E-state index contributed by atoms with van der Waals surface area (Å²) in [5.41, 5.74) is 2.67. The molecule has 1 heterocycles. The molecule has 0 aromatic heterocycles. The van der Waals surface area contributed by atoms with Crippen LogP contribution in [-0.2, 0) is 6.61 Å². The normalized spacial score (nSPS) is 13.6. The standard InChI is InChI=1S/C17H16O3/c1-12-16(20-11-13-5-3-2-4-6-13)8-7-14-15(18)9-10-19-17(12)14/h2-8H,9-11H2,1H3. The smallest absolute Gasteiger partial charge is 0.170 e. The second-order valence-electron chi connectivity index (χ2n) is 4.86. The molecule has 2 aromatic rings. The molecule has 102 valence electrons. The van der Waals surface area contributed by atoms with Crippen molar-refractivity contribution in [3.8, 4) is 11.5 Å². The molecule has 0 fully saturated rings. The van der Waals surface area contributed by atoms with Gasteiger partial charge in [-0.2, -0.15) is 0 Å². The first-order valence-electron chi connectivity index (χ1n) is 6.72. The average molecular weight is 268 g/mol. The number of carbonyl (C=O) groups excluding carboxylic acids is 1. The summed E-state index contributed by atoms with van der Waals surface area (Å²) in [6.07, 6.45) is 0.455. The van der Waals surface area contributed by atoms with E-state index >= 15 is 0 Å². The maximum absolute atomic E-state index is 11.8. The molecule has 0 saturated heterocycles. The van der Waals surface area contributed by atoms with Gasteiger partial charge in [-0.3, -0.25) is 4.79 Å². The Labute approximate surface area is 118 Å². The Kier molecular flexibility index (Phi) is 3.42. The largest absolute Gasteiger partial charge is 0.492 e. The van der Waals surface area contributed by atoms with Crippen LogP contribution in [0.15, 0.2) is 42.5 Å². The first-order chi connectivity index (χ1) is 9.75. The fraction of sp³-hybridized carbons (Fsp3) is 0.235. The van der Waals surface area contributed by atoms with Crippen LogP contribution in [0, 0.1) is 6.92 Å². The third kappa shape index (κ3) is 2.39. The minimum atomic E-state index is 0.143. The highest BCUT2D eigenvalue weighted by atomic mass is 16.5. The SMILES string of the molecule is Cc1c(OCc2ccccc2)ccc2c1OCCC2=O. The van der Waals surface area contributed by atoms with Crippen LogP contribution >= 0.6 is 0 Å². The van der Waals surface area contributed by atoms with E-state index in [4.69, 9.17) is 9.47 Å². The van der Waals surface area contributed by atoms with Crippen molar-refractivity contribution in [2.24, 2.45) is 0 Å². The Morgan fingerprint density at radius 2 is 1.95 bits per heavy atom. The van der Waals surface area contributed by atoms with Gasteiger partial charge in [0.05, 0.1) is 12.2 Å². The van der Waals surface area contributed by atoms with Crippen LogP contribution in [0.2, 0.25) is 0 Å². The number of carbonyl (C=O) groups is 1. The number of ether oxygens (including phenoxy) is 2. The summed E-state index contributed by atoms with van der Waals surface area (Å²) < 4.78 is 11.4. The molecular weight excluding hydrogens is 252 g/mol. The van der Waals surface area contributed by atoms with E-state index in [9.17, 15) is 4.79 Å².